The minimum atomic E-state index is -1.20. The van der Waals surface area contributed by atoms with Gasteiger partial charge in [0.2, 0.25) is 0 Å². The van der Waals surface area contributed by atoms with Gasteiger partial charge >= 0.3 is 18.0 Å². The summed E-state index contributed by atoms with van der Waals surface area (Å²) < 4.78 is 14.5. The van der Waals surface area contributed by atoms with E-state index in [0.717, 1.165) is 14.0 Å². The van der Waals surface area contributed by atoms with E-state index in [4.69, 9.17) is 9.47 Å². The van der Waals surface area contributed by atoms with Crippen molar-refractivity contribution in [2.24, 2.45) is 0 Å². The van der Waals surface area contributed by atoms with E-state index in [9.17, 15) is 19.2 Å². The average molecular weight is 301 g/mol. The lowest BCUT2D eigenvalue weighted by Crippen LogP contribution is -2.46. The van der Waals surface area contributed by atoms with Crippen molar-refractivity contribution in [3.8, 4) is 0 Å². The second-order valence-corrected chi connectivity index (χ2v) is 5.56. The Kier molecular flexibility index (Phi) is 4.93. The third-order valence-corrected chi connectivity index (χ3v) is 2.63. The Hall–Kier alpha value is -2.12. The topological polar surface area (TPSA) is 99.2 Å². The summed E-state index contributed by atoms with van der Waals surface area (Å²) in [5, 5.41) is 0. The van der Waals surface area contributed by atoms with Crippen LogP contribution in [0.25, 0.3) is 0 Å². The van der Waals surface area contributed by atoms with Crippen molar-refractivity contribution in [1.29, 1.82) is 0 Å². The lowest BCUT2D eigenvalue weighted by atomic mass is 10.2. The fourth-order valence-electron chi connectivity index (χ4n) is 1.88. The van der Waals surface area contributed by atoms with Gasteiger partial charge in [-0.3, -0.25) is 9.59 Å². The molecule has 0 aromatic rings. The molecule has 1 saturated heterocycles. The second kappa shape index (κ2) is 6.11. The Bertz CT molecular complexity index is 466. The number of methoxy groups -OCH3 is 1. The van der Waals surface area contributed by atoms with E-state index in [1.165, 1.54) is 0 Å². The van der Waals surface area contributed by atoms with E-state index in [1.807, 2.05) is 0 Å². The smallest absolute Gasteiger partial charge is 0.417 e. The fourth-order valence-corrected chi connectivity index (χ4v) is 1.88. The van der Waals surface area contributed by atoms with Gasteiger partial charge in [-0.25, -0.2) is 14.5 Å². The number of esters is 2. The first-order valence-corrected chi connectivity index (χ1v) is 6.38. The Morgan fingerprint density at radius 2 is 1.81 bits per heavy atom. The number of hydrogen-bond acceptors (Lipinski definition) is 7. The maximum atomic E-state index is 12.1. The van der Waals surface area contributed by atoms with Crippen LogP contribution < -0.4 is 0 Å². The van der Waals surface area contributed by atoms with Gasteiger partial charge in [0.05, 0.1) is 7.11 Å². The molecule has 0 spiro atoms. The highest BCUT2D eigenvalue weighted by Crippen LogP contribution is 2.25. The number of imide groups is 1. The minimum Gasteiger partial charge on any atom is -0.467 e. The third kappa shape index (κ3) is 4.17. The summed E-state index contributed by atoms with van der Waals surface area (Å²) in [6.45, 7) is 6.02. The summed E-state index contributed by atoms with van der Waals surface area (Å²) in [4.78, 5) is 47.5. The largest absolute Gasteiger partial charge is 0.467 e. The molecule has 1 heterocycles. The molecule has 1 unspecified atom stereocenters. The van der Waals surface area contributed by atoms with E-state index >= 15 is 0 Å². The molecular weight excluding hydrogens is 282 g/mol. The van der Waals surface area contributed by atoms with Gasteiger partial charge in [-0.2, -0.15) is 0 Å². The molecule has 0 aromatic carbocycles. The molecule has 0 aromatic heterocycles. The fraction of sp³-hybridized carbons (Fsp3) is 0.692. The number of nitrogens with zero attached hydrogens (tertiary/aromatic N) is 1. The number of rotatable bonds is 2. The highest BCUT2D eigenvalue weighted by molar-refractivity contribution is 6.02. The first-order chi connectivity index (χ1) is 9.56. The van der Waals surface area contributed by atoms with Gasteiger partial charge in [0.25, 0.3) is 5.91 Å². The standard InChI is InChI=1S/C13H19NO7/c1-7(15)20-9-6-8(11(17)19-5)14(10(9)16)12(18)21-13(2,3)4/h8-9H,6H2,1-5H3/t8-,9?/m0/s1. The minimum absolute atomic E-state index is 0.148. The summed E-state index contributed by atoms with van der Waals surface area (Å²) >= 11 is 0. The van der Waals surface area contributed by atoms with Gasteiger partial charge in [-0.15, -0.1) is 0 Å². The molecule has 1 fully saturated rings. The van der Waals surface area contributed by atoms with Gasteiger partial charge in [-0.05, 0) is 20.8 Å². The highest BCUT2D eigenvalue weighted by Gasteiger charge is 2.50. The number of carbonyl (C=O) groups is 4. The van der Waals surface area contributed by atoms with Crippen LogP contribution >= 0.6 is 0 Å². The lowest BCUT2D eigenvalue weighted by Gasteiger charge is -2.25. The van der Waals surface area contributed by atoms with Gasteiger partial charge < -0.3 is 14.2 Å². The predicted octanol–water partition coefficient (Wildman–Crippen LogP) is 0.627. The summed E-state index contributed by atoms with van der Waals surface area (Å²) in [6.07, 6.45) is -2.32. The van der Waals surface area contributed by atoms with Crippen LogP contribution in [0.5, 0.6) is 0 Å². The van der Waals surface area contributed by atoms with Crippen LogP contribution in [0, 0.1) is 0 Å². The van der Waals surface area contributed by atoms with Gasteiger partial charge in [0.1, 0.15) is 11.6 Å². The van der Waals surface area contributed by atoms with Gasteiger partial charge in [0, 0.05) is 13.3 Å². The first kappa shape index (κ1) is 16.9. The Balaban J connectivity index is 3.00. The van der Waals surface area contributed by atoms with E-state index < -0.39 is 41.7 Å². The molecule has 2 atom stereocenters. The Morgan fingerprint density at radius 3 is 2.24 bits per heavy atom. The maximum absolute atomic E-state index is 12.1. The molecule has 1 aliphatic rings. The SMILES string of the molecule is COC(=O)[C@@H]1CC(OC(C)=O)C(=O)N1C(=O)OC(C)(C)C. The average Bonchev–Trinajstić information content (AvgIpc) is 2.63. The number of likely N-dealkylation sites (tertiary alicyclic amines) is 1. The zero-order chi connectivity index (χ0) is 16.4. The molecule has 0 radical (unpaired) electrons. The quantitative estimate of drug-likeness (QED) is 0.544. The highest BCUT2D eigenvalue weighted by atomic mass is 16.6. The molecule has 0 aliphatic carbocycles. The summed E-state index contributed by atoms with van der Waals surface area (Å²) in [7, 11) is 1.14. The van der Waals surface area contributed by atoms with Crippen molar-refractivity contribution >= 4 is 23.9 Å². The molecular formula is C13H19NO7. The molecule has 8 nitrogen and oxygen atoms in total. The number of carbonyl (C=O) groups excluding carboxylic acids is 4. The van der Waals surface area contributed by atoms with Crippen LogP contribution in [0.2, 0.25) is 0 Å². The van der Waals surface area contributed by atoms with E-state index in [0.29, 0.717) is 4.90 Å². The summed E-state index contributed by atoms with van der Waals surface area (Å²) in [6, 6.07) is -1.17. The molecule has 118 valence electrons. The van der Waals surface area contributed by atoms with Crippen LogP contribution in [-0.2, 0) is 28.6 Å². The maximum Gasteiger partial charge on any atom is 0.417 e. The Labute approximate surface area is 122 Å². The molecule has 0 bridgehead atoms. The van der Waals surface area contributed by atoms with E-state index in [1.54, 1.807) is 20.8 Å². The van der Waals surface area contributed by atoms with Crippen LogP contribution in [-0.4, -0.2) is 53.7 Å². The molecule has 1 aliphatic heterocycles. The van der Waals surface area contributed by atoms with Crippen LogP contribution in [0.4, 0.5) is 4.79 Å². The normalized spacial score (nSPS) is 22.0. The monoisotopic (exact) mass is 301 g/mol. The third-order valence-electron chi connectivity index (χ3n) is 2.63. The molecule has 8 heteroatoms. The predicted molar refractivity (Wildman–Crippen MR) is 69.1 cm³/mol. The molecule has 1 rings (SSSR count). The summed E-state index contributed by atoms with van der Waals surface area (Å²) in [5.41, 5.74) is -0.836. The van der Waals surface area contributed by atoms with Gasteiger partial charge in [0.15, 0.2) is 6.10 Å². The van der Waals surface area contributed by atoms with Crippen LogP contribution in [0.15, 0.2) is 0 Å². The van der Waals surface area contributed by atoms with Crippen molar-refractivity contribution in [3.05, 3.63) is 0 Å². The van der Waals surface area contributed by atoms with Crippen LogP contribution in [0.1, 0.15) is 34.1 Å². The zero-order valence-corrected chi connectivity index (χ0v) is 12.7. The van der Waals surface area contributed by atoms with Crippen molar-refractivity contribution in [2.75, 3.05) is 7.11 Å². The van der Waals surface area contributed by atoms with Crippen molar-refractivity contribution in [3.63, 3.8) is 0 Å². The second-order valence-electron chi connectivity index (χ2n) is 5.56. The van der Waals surface area contributed by atoms with Crippen molar-refractivity contribution < 1.29 is 33.4 Å². The first-order valence-electron chi connectivity index (χ1n) is 6.38. The number of ether oxygens (including phenoxy) is 3. The lowest BCUT2D eigenvalue weighted by molar-refractivity contribution is -0.154. The van der Waals surface area contributed by atoms with Gasteiger partial charge in [-0.1, -0.05) is 0 Å². The molecule has 0 N–H and O–H groups in total. The van der Waals surface area contributed by atoms with E-state index in [-0.39, 0.29) is 6.42 Å². The zero-order valence-electron chi connectivity index (χ0n) is 12.7. The van der Waals surface area contributed by atoms with Crippen LogP contribution in [0.3, 0.4) is 0 Å². The van der Waals surface area contributed by atoms with Crippen molar-refractivity contribution in [1.82, 2.24) is 4.90 Å². The Morgan fingerprint density at radius 1 is 1.24 bits per heavy atom. The van der Waals surface area contributed by atoms with Crippen molar-refractivity contribution in [2.45, 2.75) is 51.9 Å². The summed E-state index contributed by atoms with van der Waals surface area (Å²) in [5.74, 6) is -2.25. The molecule has 0 saturated carbocycles. The number of hydrogen-bond donors (Lipinski definition) is 0. The van der Waals surface area contributed by atoms with E-state index in [2.05, 4.69) is 4.74 Å². The molecule has 21 heavy (non-hydrogen) atoms. The molecule has 2 amide bonds. The number of amides is 2.